The number of hydrogen-bond donors (Lipinski definition) is 2. The lowest BCUT2D eigenvalue weighted by atomic mass is 9.92. The summed E-state index contributed by atoms with van der Waals surface area (Å²) in [5.74, 6) is -0.437. The molecule has 1 aliphatic rings. The van der Waals surface area contributed by atoms with Crippen LogP contribution in [0.25, 0.3) is 0 Å². The van der Waals surface area contributed by atoms with E-state index in [4.69, 9.17) is 34.8 Å². The largest absolute Gasteiger partial charge is 0.351 e. The van der Waals surface area contributed by atoms with E-state index in [0.717, 1.165) is 50.0 Å². The fraction of sp³-hybridized carbons (Fsp3) is 0.458. The van der Waals surface area contributed by atoms with Crippen molar-refractivity contribution in [3.05, 3.63) is 68.7 Å². The zero-order valence-corrected chi connectivity index (χ0v) is 22.2. The monoisotopic (exact) mass is 545 g/mol. The number of sulfonamides is 1. The van der Waals surface area contributed by atoms with Gasteiger partial charge in [-0.3, -0.25) is 4.79 Å². The van der Waals surface area contributed by atoms with E-state index in [0.29, 0.717) is 28.0 Å². The van der Waals surface area contributed by atoms with Gasteiger partial charge in [0.25, 0.3) is 0 Å². The number of carbonyl (C=O) groups excluding carboxylic acids is 1. The van der Waals surface area contributed by atoms with Crippen molar-refractivity contribution in [1.82, 2.24) is 14.9 Å². The first kappa shape index (κ1) is 27.2. The number of nitrogens with zero attached hydrogens (tertiary/aromatic N) is 1. The van der Waals surface area contributed by atoms with Crippen LogP contribution < -0.4 is 10.0 Å². The molecule has 2 aromatic carbocycles. The fourth-order valence-corrected chi connectivity index (χ4v) is 5.59. The average molecular weight is 547 g/mol. The van der Waals surface area contributed by atoms with Gasteiger partial charge in [0.1, 0.15) is 0 Å². The maximum absolute atomic E-state index is 13.2. The quantitative estimate of drug-likeness (QED) is 0.447. The van der Waals surface area contributed by atoms with Gasteiger partial charge in [0.2, 0.25) is 15.9 Å². The predicted molar refractivity (Wildman–Crippen MR) is 139 cm³/mol. The molecule has 6 nitrogen and oxygen atoms in total. The standard InChI is InChI=1S/C24H30Cl3N3O3S/c1-34(32,33)29-20-9-12-30(13-10-20)11-3-6-21(18-7-8-22(26)23(27)15-18)24(31)28-16-17-4-2-5-19(25)14-17/h2,4-5,7-8,14-15,20-21,29H,3,6,9-13,16H2,1H3,(H,28,31). The van der Waals surface area contributed by atoms with Crippen molar-refractivity contribution >= 4 is 50.7 Å². The number of piperidine rings is 1. The van der Waals surface area contributed by atoms with Gasteiger partial charge in [-0.1, -0.05) is 53.0 Å². The average Bonchev–Trinajstić information content (AvgIpc) is 2.77. The van der Waals surface area contributed by atoms with Crippen LogP contribution in [0.2, 0.25) is 15.1 Å². The highest BCUT2D eigenvalue weighted by Crippen LogP contribution is 2.29. The van der Waals surface area contributed by atoms with Crippen molar-refractivity contribution in [3.8, 4) is 0 Å². The third kappa shape index (κ3) is 8.70. The molecule has 3 rings (SSSR count). The first-order chi connectivity index (χ1) is 16.1. The van der Waals surface area contributed by atoms with Gasteiger partial charge in [-0.25, -0.2) is 13.1 Å². The van der Waals surface area contributed by atoms with E-state index in [1.165, 1.54) is 6.26 Å². The minimum Gasteiger partial charge on any atom is -0.351 e. The van der Waals surface area contributed by atoms with Crippen LogP contribution in [-0.4, -0.2) is 51.2 Å². The molecule has 0 saturated carbocycles. The summed E-state index contributed by atoms with van der Waals surface area (Å²) in [6.07, 6.45) is 4.23. The van der Waals surface area contributed by atoms with Gasteiger partial charge < -0.3 is 10.2 Å². The number of halogens is 3. The highest BCUT2D eigenvalue weighted by molar-refractivity contribution is 7.88. The zero-order chi connectivity index (χ0) is 24.7. The summed E-state index contributed by atoms with van der Waals surface area (Å²) in [4.78, 5) is 15.5. The van der Waals surface area contributed by atoms with Crippen molar-refractivity contribution < 1.29 is 13.2 Å². The Balaban J connectivity index is 1.58. The SMILES string of the molecule is CS(=O)(=O)NC1CCN(CCCC(C(=O)NCc2cccc(Cl)c2)c2ccc(Cl)c(Cl)c2)CC1. The lowest BCUT2D eigenvalue weighted by Crippen LogP contribution is -2.44. The number of benzene rings is 2. The Kier molecular flexibility index (Phi) is 10.1. The Morgan fingerprint density at radius 3 is 2.47 bits per heavy atom. The molecule has 0 radical (unpaired) electrons. The maximum atomic E-state index is 13.2. The normalized spacial score (nSPS) is 16.4. The molecular formula is C24H30Cl3N3O3S. The minimum absolute atomic E-state index is 0.00697. The molecule has 34 heavy (non-hydrogen) atoms. The smallest absolute Gasteiger partial charge is 0.227 e. The fourth-order valence-electron chi connectivity index (χ4n) is 4.23. The van der Waals surface area contributed by atoms with Gasteiger partial charge in [-0.2, -0.15) is 0 Å². The van der Waals surface area contributed by atoms with Crippen LogP contribution in [0.5, 0.6) is 0 Å². The Labute approximate surface area is 217 Å². The second-order valence-electron chi connectivity index (χ2n) is 8.72. The van der Waals surface area contributed by atoms with Crippen molar-refractivity contribution in [3.63, 3.8) is 0 Å². The molecule has 0 spiro atoms. The molecule has 1 unspecified atom stereocenters. The molecule has 0 aromatic heterocycles. The van der Waals surface area contributed by atoms with Gasteiger partial charge in [0, 0.05) is 17.6 Å². The molecule has 1 fully saturated rings. The number of carbonyl (C=O) groups is 1. The Hall–Kier alpha value is -1.35. The summed E-state index contributed by atoms with van der Waals surface area (Å²) >= 11 is 18.4. The molecule has 1 saturated heterocycles. The molecule has 1 heterocycles. The molecule has 0 bridgehead atoms. The summed E-state index contributed by atoms with van der Waals surface area (Å²) in [5, 5.41) is 4.53. The summed E-state index contributed by atoms with van der Waals surface area (Å²) in [6.45, 7) is 2.88. The molecule has 1 atom stereocenters. The van der Waals surface area contributed by atoms with E-state index >= 15 is 0 Å². The van der Waals surface area contributed by atoms with Crippen LogP contribution in [0.4, 0.5) is 0 Å². The van der Waals surface area contributed by atoms with E-state index in [2.05, 4.69) is 14.9 Å². The zero-order valence-electron chi connectivity index (χ0n) is 19.1. The van der Waals surface area contributed by atoms with E-state index in [1.54, 1.807) is 18.2 Å². The number of likely N-dealkylation sites (tertiary alicyclic amines) is 1. The second kappa shape index (κ2) is 12.6. The van der Waals surface area contributed by atoms with E-state index in [9.17, 15) is 13.2 Å². The van der Waals surface area contributed by atoms with Crippen molar-refractivity contribution in [1.29, 1.82) is 0 Å². The van der Waals surface area contributed by atoms with E-state index in [-0.39, 0.29) is 17.9 Å². The Morgan fingerprint density at radius 1 is 1.09 bits per heavy atom. The topological polar surface area (TPSA) is 78.5 Å². The molecule has 10 heteroatoms. The molecule has 2 aromatic rings. The number of hydrogen-bond acceptors (Lipinski definition) is 4. The van der Waals surface area contributed by atoms with Gasteiger partial charge in [0.05, 0.1) is 22.2 Å². The number of rotatable bonds is 10. The first-order valence-corrected chi connectivity index (χ1v) is 14.3. The first-order valence-electron chi connectivity index (χ1n) is 11.3. The van der Waals surface area contributed by atoms with E-state index in [1.807, 2.05) is 24.3 Å². The van der Waals surface area contributed by atoms with Crippen molar-refractivity contribution in [2.24, 2.45) is 0 Å². The van der Waals surface area contributed by atoms with Gasteiger partial charge in [0.15, 0.2) is 0 Å². The molecular weight excluding hydrogens is 517 g/mol. The molecule has 1 aliphatic heterocycles. The van der Waals surface area contributed by atoms with Crippen LogP contribution in [0.3, 0.4) is 0 Å². The Bertz CT molecular complexity index is 1090. The summed E-state index contributed by atoms with van der Waals surface area (Å²) in [5.41, 5.74) is 1.76. The lowest BCUT2D eigenvalue weighted by molar-refractivity contribution is -0.122. The highest BCUT2D eigenvalue weighted by atomic mass is 35.5. The van der Waals surface area contributed by atoms with Crippen LogP contribution in [-0.2, 0) is 21.4 Å². The van der Waals surface area contributed by atoms with Crippen LogP contribution in [0, 0.1) is 0 Å². The molecule has 186 valence electrons. The third-order valence-electron chi connectivity index (χ3n) is 5.95. The predicted octanol–water partition coefficient (Wildman–Crippen LogP) is 4.84. The summed E-state index contributed by atoms with van der Waals surface area (Å²) in [7, 11) is -3.18. The van der Waals surface area contributed by atoms with Gasteiger partial charge >= 0.3 is 0 Å². The van der Waals surface area contributed by atoms with Crippen LogP contribution >= 0.6 is 34.8 Å². The summed E-state index contributed by atoms with van der Waals surface area (Å²) in [6, 6.07) is 12.7. The number of nitrogens with one attached hydrogen (secondary N) is 2. The van der Waals surface area contributed by atoms with Crippen molar-refractivity contribution in [2.45, 2.75) is 44.2 Å². The molecule has 1 amide bonds. The third-order valence-corrected chi connectivity index (χ3v) is 7.69. The van der Waals surface area contributed by atoms with Gasteiger partial charge in [-0.05, 0) is 80.7 Å². The van der Waals surface area contributed by atoms with Crippen LogP contribution in [0.15, 0.2) is 42.5 Å². The van der Waals surface area contributed by atoms with Crippen LogP contribution in [0.1, 0.15) is 42.7 Å². The number of amides is 1. The maximum Gasteiger partial charge on any atom is 0.227 e. The lowest BCUT2D eigenvalue weighted by Gasteiger charge is -2.32. The molecule has 2 N–H and O–H groups in total. The van der Waals surface area contributed by atoms with Crippen molar-refractivity contribution in [2.75, 3.05) is 25.9 Å². The Morgan fingerprint density at radius 2 is 1.82 bits per heavy atom. The minimum atomic E-state index is -3.18. The van der Waals surface area contributed by atoms with E-state index < -0.39 is 10.0 Å². The van der Waals surface area contributed by atoms with Gasteiger partial charge in [-0.15, -0.1) is 0 Å². The summed E-state index contributed by atoms with van der Waals surface area (Å²) < 4.78 is 25.6. The highest BCUT2D eigenvalue weighted by Gasteiger charge is 2.24. The molecule has 0 aliphatic carbocycles. The second-order valence-corrected chi connectivity index (χ2v) is 11.8.